The van der Waals surface area contributed by atoms with E-state index in [1.54, 1.807) is 12.1 Å². The molecule has 1 unspecified atom stereocenters. The summed E-state index contributed by atoms with van der Waals surface area (Å²) in [6, 6.07) is 13.7. The summed E-state index contributed by atoms with van der Waals surface area (Å²) in [6.07, 6.45) is 3.87. The topological polar surface area (TPSA) is 61.4 Å². The molecule has 4 rings (SSSR count). The first-order chi connectivity index (χ1) is 11.7. The summed E-state index contributed by atoms with van der Waals surface area (Å²) in [4.78, 5) is 12.7. The molecule has 5 heteroatoms. The maximum atomic E-state index is 12.7. The van der Waals surface area contributed by atoms with Gasteiger partial charge in [-0.25, -0.2) is 0 Å². The van der Waals surface area contributed by atoms with Crippen LogP contribution in [0.15, 0.2) is 42.5 Å². The number of rotatable bonds is 2. The van der Waals surface area contributed by atoms with Crippen LogP contribution in [0.25, 0.3) is 0 Å². The van der Waals surface area contributed by atoms with Crippen LogP contribution in [0.4, 0.5) is 0 Å². The number of carbonyl (C=O) groups excluding carboxylic acids is 1. The van der Waals surface area contributed by atoms with Gasteiger partial charge in [0, 0.05) is 6.54 Å². The molecule has 4 nitrogen and oxygen atoms in total. The van der Waals surface area contributed by atoms with E-state index in [2.05, 4.69) is 28.8 Å². The highest BCUT2D eigenvalue weighted by molar-refractivity contribution is 5.85. The van der Waals surface area contributed by atoms with Crippen LogP contribution in [-0.4, -0.2) is 17.1 Å². The smallest absolute Gasteiger partial charge is 0.237 e. The van der Waals surface area contributed by atoms with Crippen LogP contribution in [0.5, 0.6) is 5.75 Å². The molecular formula is C20H23ClN2O2. The molecule has 0 saturated heterocycles. The zero-order valence-electron chi connectivity index (χ0n) is 14.0. The summed E-state index contributed by atoms with van der Waals surface area (Å²) in [5.74, 6) is 0.340. The zero-order chi connectivity index (χ0) is 16.5. The maximum absolute atomic E-state index is 12.7. The van der Waals surface area contributed by atoms with Crippen LogP contribution in [0, 0.1) is 0 Å². The van der Waals surface area contributed by atoms with Crippen LogP contribution >= 0.6 is 12.4 Å². The molecule has 0 saturated carbocycles. The summed E-state index contributed by atoms with van der Waals surface area (Å²) >= 11 is 0. The Morgan fingerprint density at radius 3 is 2.84 bits per heavy atom. The molecule has 0 bridgehead atoms. The SMILES string of the molecule is Cl.O=C(N[C@@H]1CCCc2ccccc21)C1Cc2ccc(O)cc2CN1. The monoisotopic (exact) mass is 358 g/mol. The number of hydrogen-bond acceptors (Lipinski definition) is 3. The van der Waals surface area contributed by atoms with E-state index < -0.39 is 0 Å². The zero-order valence-corrected chi connectivity index (χ0v) is 14.8. The predicted molar refractivity (Wildman–Crippen MR) is 100.0 cm³/mol. The number of hydrogen-bond donors (Lipinski definition) is 3. The minimum Gasteiger partial charge on any atom is -0.508 e. The number of benzene rings is 2. The molecule has 3 N–H and O–H groups in total. The predicted octanol–water partition coefficient (Wildman–Crippen LogP) is 3.02. The number of phenols is 1. The van der Waals surface area contributed by atoms with Crippen LogP contribution in [0.2, 0.25) is 0 Å². The van der Waals surface area contributed by atoms with Gasteiger partial charge in [0.1, 0.15) is 5.75 Å². The van der Waals surface area contributed by atoms with E-state index in [-0.39, 0.29) is 36.1 Å². The Balaban J connectivity index is 0.00000182. The van der Waals surface area contributed by atoms with Crippen LogP contribution in [0.1, 0.15) is 41.1 Å². The molecular weight excluding hydrogens is 336 g/mol. The van der Waals surface area contributed by atoms with Crippen LogP contribution in [0.3, 0.4) is 0 Å². The Labute approximate surface area is 154 Å². The van der Waals surface area contributed by atoms with Crippen molar-refractivity contribution < 1.29 is 9.90 Å². The number of aromatic hydroxyl groups is 1. The van der Waals surface area contributed by atoms with Crippen molar-refractivity contribution >= 4 is 18.3 Å². The van der Waals surface area contributed by atoms with Crippen molar-refractivity contribution in [2.75, 3.05) is 0 Å². The number of aryl methyl sites for hydroxylation is 1. The maximum Gasteiger partial charge on any atom is 0.237 e. The van der Waals surface area contributed by atoms with Crippen molar-refractivity contribution in [2.24, 2.45) is 0 Å². The molecule has 2 atom stereocenters. The van der Waals surface area contributed by atoms with Gasteiger partial charge in [0.2, 0.25) is 5.91 Å². The summed E-state index contributed by atoms with van der Waals surface area (Å²) in [6.45, 7) is 0.614. The summed E-state index contributed by atoms with van der Waals surface area (Å²) in [7, 11) is 0. The molecule has 0 radical (unpaired) electrons. The quantitative estimate of drug-likeness (QED) is 0.773. The van der Waals surface area contributed by atoms with Crippen LogP contribution < -0.4 is 10.6 Å². The molecule has 25 heavy (non-hydrogen) atoms. The standard InChI is InChI=1S/C20H22N2O2.ClH/c23-16-9-8-14-11-19(21-12-15(14)10-16)20(24)22-18-7-3-5-13-4-1-2-6-17(13)18;/h1-2,4,6,8-10,18-19,21,23H,3,5,7,11-12H2,(H,22,24);1H/t18-,19?;/m1./s1. The van der Waals surface area contributed by atoms with Gasteiger partial charge in [-0.05, 0) is 60.1 Å². The molecule has 132 valence electrons. The number of fused-ring (bicyclic) bond motifs is 2. The third-order valence-corrected chi connectivity index (χ3v) is 5.16. The van der Waals surface area contributed by atoms with Crippen molar-refractivity contribution in [2.45, 2.75) is 44.3 Å². The Morgan fingerprint density at radius 1 is 1.12 bits per heavy atom. The van der Waals surface area contributed by atoms with Gasteiger partial charge in [-0.15, -0.1) is 12.4 Å². The fraction of sp³-hybridized carbons (Fsp3) is 0.350. The van der Waals surface area contributed by atoms with E-state index in [1.165, 1.54) is 11.1 Å². The van der Waals surface area contributed by atoms with Gasteiger partial charge in [-0.3, -0.25) is 4.79 Å². The molecule has 0 aromatic heterocycles. The lowest BCUT2D eigenvalue weighted by Gasteiger charge is -2.30. The second-order valence-electron chi connectivity index (χ2n) is 6.74. The van der Waals surface area contributed by atoms with Crippen molar-refractivity contribution in [1.29, 1.82) is 0 Å². The van der Waals surface area contributed by atoms with Gasteiger partial charge >= 0.3 is 0 Å². The van der Waals surface area contributed by atoms with E-state index in [4.69, 9.17) is 0 Å². The van der Waals surface area contributed by atoms with E-state index in [0.29, 0.717) is 13.0 Å². The first kappa shape index (κ1) is 17.8. The molecule has 1 heterocycles. The minimum absolute atomic E-state index is 0. The summed E-state index contributed by atoms with van der Waals surface area (Å²) in [5, 5.41) is 16.1. The van der Waals surface area contributed by atoms with E-state index in [1.807, 2.05) is 12.1 Å². The van der Waals surface area contributed by atoms with Crippen molar-refractivity contribution in [3.05, 3.63) is 64.7 Å². The number of phenolic OH excluding ortho intramolecular Hbond substituents is 1. The van der Waals surface area contributed by atoms with Gasteiger partial charge in [0.25, 0.3) is 0 Å². The fourth-order valence-electron chi connectivity index (χ4n) is 3.86. The molecule has 2 aromatic carbocycles. The third-order valence-electron chi connectivity index (χ3n) is 5.16. The van der Waals surface area contributed by atoms with Crippen LogP contribution in [-0.2, 0) is 24.2 Å². The molecule has 2 aromatic rings. The lowest BCUT2D eigenvalue weighted by Crippen LogP contribution is -2.48. The first-order valence-corrected chi connectivity index (χ1v) is 8.63. The van der Waals surface area contributed by atoms with E-state index >= 15 is 0 Å². The van der Waals surface area contributed by atoms with Crippen molar-refractivity contribution in [3.63, 3.8) is 0 Å². The summed E-state index contributed by atoms with van der Waals surface area (Å²) in [5.41, 5.74) is 4.82. The van der Waals surface area contributed by atoms with Crippen molar-refractivity contribution in [1.82, 2.24) is 10.6 Å². The fourth-order valence-corrected chi connectivity index (χ4v) is 3.86. The first-order valence-electron chi connectivity index (χ1n) is 8.63. The highest BCUT2D eigenvalue weighted by Gasteiger charge is 2.28. The number of amides is 1. The lowest BCUT2D eigenvalue weighted by molar-refractivity contribution is -0.124. The number of carbonyl (C=O) groups is 1. The Kier molecular flexibility index (Phi) is 5.30. The molecule has 0 fully saturated rings. The molecule has 0 spiro atoms. The van der Waals surface area contributed by atoms with Crippen molar-refractivity contribution in [3.8, 4) is 5.75 Å². The summed E-state index contributed by atoms with van der Waals surface area (Å²) < 4.78 is 0. The average Bonchev–Trinajstić information content (AvgIpc) is 2.61. The van der Waals surface area contributed by atoms with E-state index in [9.17, 15) is 9.90 Å². The van der Waals surface area contributed by atoms with Gasteiger partial charge in [-0.1, -0.05) is 30.3 Å². The van der Waals surface area contributed by atoms with Gasteiger partial charge in [-0.2, -0.15) is 0 Å². The molecule has 1 aliphatic heterocycles. The Bertz CT molecular complexity index is 778. The Morgan fingerprint density at radius 2 is 1.96 bits per heavy atom. The number of nitrogens with one attached hydrogen (secondary N) is 2. The highest BCUT2D eigenvalue weighted by atomic mass is 35.5. The molecule has 1 amide bonds. The third kappa shape index (κ3) is 3.65. The normalized spacial score (nSPS) is 21.4. The average molecular weight is 359 g/mol. The van der Waals surface area contributed by atoms with Gasteiger partial charge in [0.05, 0.1) is 12.1 Å². The van der Waals surface area contributed by atoms with Gasteiger partial charge < -0.3 is 15.7 Å². The van der Waals surface area contributed by atoms with E-state index in [0.717, 1.165) is 30.4 Å². The lowest BCUT2D eigenvalue weighted by atomic mass is 9.87. The second kappa shape index (κ2) is 7.46. The number of halogens is 1. The minimum atomic E-state index is -0.212. The molecule has 2 aliphatic rings. The second-order valence-corrected chi connectivity index (χ2v) is 6.74. The highest BCUT2D eigenvalue weighted by Crippen LogP contribution is 2.30. The van der Waals surface area contributed by atoms with Gasteiger partial charge in [0.15, 0.2) is 0 Å². The Hall–Kier alpha value is -2.04. The largest absolute Gasteiger partial charge is 0.508 e. The molecule has 1 aliphatic carbocycles.